The number of nitrogens with zero attached hydrogens (tertiary/aromatic N) is 1. The number of hydrogen-bond acceptors (Lipinski definition) is 2. The van der Waals surface area contributed by atoms with Crippen LogP contribution in [0.3, 0.4) is 0 Å². The molecule has 2 bridgehead atoms. The van der Waals surface area contributed by atoms with E-state index in [0.717, 1.165) is 38.0 Å². The Morgan fingerprint density at radius 2 is 1.61 bits per heavy atom. The number of carbonyl (C=O) groups is 1. The van der Waals surface area contributed by atoms with E-state index in [-0.39, 0.29) is 11.3 Å². The van der Waals surface area contributed by atoms with Crippen LogP contribution in [0.15, 0.2) is 0 Å². The molecule has 3 heterocycles. The van der Waals surface area contributed by atoms with Crippen molar-refractivity contribution in [1.82, 2.24) is 4.90 Å². The number of nitrogens with two attached hydrogens (primary N) is 1. The Balaban J connectivity index is 2.04. The van der Waals surface area contributed by atoms with Crippen molar-refractivity contribution in [3.05, 3.63) is 0 Å². The van der Waals surface area contributed by atoms with Crippen LogP contribution >= 0.6 is 0 Å². The predicted molar refractivity (Wildman–Crippen MR) is 97.2 cm³/mol. The highest BCUT2D eigenvalue weighted by atomic mass is 16.1. The number of carbonyl (C=O) groups excluding carboxylic acids is 1. The van der Waals surface area contributed by atoms with Crippen molar-refractivity contribution in [3.63, 3.8) is 0 Å². The zero-order valence-electron chi connectivity index (χ0n) is 15.5. The third-order valence-electron chi connectivity index (χ3n) is 6.44. The predicted octanol–water partition coefficient (Wildman–Crippen LogP) is 4.49. The van der Waals surface area contributed by atoms with Crippen molar-refractivity contribution >= 4 is 5.91 Å². The molecular weight excluding hydrogens is 284 g/mol. The molecule has 1 amide bonds. The van der Waals surface area contributed by atoms with E-state index in [1.807, 2.05) is 0 Å². The summed E-state index contributed by atoms with van der Waals surface area (Å²) < 4.78 is 0. The number of piperidine rings is 3. The molecule has 0 spiro atoms. The van der Waals surface area contributed by atoms with Crippen molar-refractivity contribution in [2.75, 3.05) is 13.1 Å². The normalized spacial score (nSPS) is 27.3. The summed E-state index contributed by atoms with van der Waals surface area (Å²) in [5.41, 5.74) is 5.75. The van der Waals surface area contributed by atoms with Gasteiger partial charge in [0, 0.05) is 6.04 Å². The summed E-state index contributed by atoms with van der Waals surface area (Å²) in [6, 6.07) is 0.609. The quantitative estimate of drug-likeness (QED) is 0.570. The maximum absolute atomic E-state index is 12.5. The Labute approximate surface area is 143 Å². The lowest BCUT2D eigenvalue weighted by atomic mass is 9.69. The minimum Gasteiger partial charge on any atom is -0.369 e. The number of hydrogen-bond donors (Lipinski definition) is 1. The second-order valence-corrected chi connectivity index (χ2v) is 8.13. The van der Waals surface area contributed by atoms with Crippen LogP contribution in [0.5, 0.6) is 0 Å². The molecule has 23 heavy (non-hydrogen) atoms. The summed E-state index contributed by atoms with van der Waals surface area (Å²) in [4.78, 5) is 15.1. The number of unbranched alkanes of at least 4 members (excludes halogenated alkanes) is 4. The zero-order chi connectivity index (χ0) is 16.7. The molecule has 0 aromatic carbocycles. The van der Waals surface area contributed by atoms with E-state index in [4.69, 9.17) is 5.73 Å². The molecule has 3 heteroatoms. The Kier molecular flexibility index (Phi) is 7.39. The van der Waals surface area contributed by atoms with Crippen LogP contribution in [0.2, 0.25) is 0 Å². The highest BCUT2D eigenvalue weighted by Gasteiger charge is 2.42. The van der Waals surface area contributed by atoms with Crippen molar-refractivity contribution < 1.29 is 4.79 Å². The monoisotopic (exact) mass is 322 g/mol. The van der Waals surface area contributed by atoms with Crippen LogP contribution in [0, 0.1) is 11.3 Å². The molecule has 0 aromatic rings. The molecule has 0 radical (unpaired) electrons. The highest BCUT2D eigenvalue weighted by molar-refractivity contribution is 5.80. The summed E-state index contributed by atoms with van der Waals surface area (Å²) in [6.07, 6.45) is 14.2. The number of primary amides is 1. The molecular formula is C20H38N2O. The Hall–Kier alpha value is -0.570. The molecule has 3 fully saturated rings. The third kappa shape index (κ3) is 4.95. The fourth-order valence-corrected chi connectivity index (χ4v) is 4.85. The second-order valence-electron chi connectivity index (χ2n) is 8.13. The van der Waals surface area contributed by atoms with E-state index >= 15 is 0 Å². The molecule has 3 saturated heterocycles. The molecule has 1 unspecified atom stereocenters. The Bertz CT molecular complexity index is 351. The molecule has 2 N–H and O–H groups in total. The van der Waals surface area contributed by atoms with Gasteiger partial charge in [0.2, 0.25) is 5.91 Å². The van der Waals surface area contributed by atoms with Gasteiger partial charge in [-0.25, -0.2) is 0 Å². The van der Waals surface area contributed by atoms with Crippen LogP contribution in [0.1, 0.15) is 90.9 Å². The lowest BCUT2D eigenvalue weighted by Gasteiger charge is -2.48. The molecule has 3 aliphatic heterocycles. The first-order chi connectivity index (χ1) is 11.1. The molecule has 0 saturated carbocycles. The molecule has 3 rings (SSSR count). The first-order valence-electron chi connectivity index (χ1n) is 10.1. The second kappa shape index (κ2) is 9.05. The topological polar surface area (TPSA) is 46.3 Å². The fourth-order valence-electron chi connectivity index (χ4n) is 4.85. The Morgan fingerprint density at radius 1 is 1.04 bits per heavy atom. The smallest absolute Gasteiger partial charge is 0.223 e. The summed E-state index contributed by atoms with van der Waals surface area (Å²) in [5, 5.41) is 0. The van der Waals surface area contributed by atoms with Crippen molar-refractivity contribution in [2.24, 2.45) is 17.1 Å². The summed E-state index contributed by atoms with van der Waals surface area (Å²) >= 11 is 0. The lowest BCUT2D eigenvalue weighted by molar-refractivity contribution is -0.131. The minimum atomic E-state index is -0.244. The van der Waals surface area contributed by atoms with E-state index in [1.165, 1.54) is 58.0 Å². The molecule has 134 valence electrons. The van der Waals surface area contributed by atoms with Crippen LogP contribution in [-0.2, 0) is 4.79 Å². The van der Waals surface area contributed by atoms with Crippen LogP contribution in [0.4, 0.5) is 0 Å². The van der Waals surface area contributed by atoms with Crippen LogP contribution in [0.25, 0.3) is 0 Å². The van der Waals surface area contributed by atoms with Crippen molar-refractivity contribution in [2.45, 2.75) is 96.9 Å². The minimum absolute atomic E-state index is 0.0210. The Morgan fingerprint density at radius 3 is 2.00 bits per heavy atom. The van der Waals surface area contributed by atoms with Gasteiger partial charge >= 0.3 is 0 Å². The van der Waals surface area contributed by atoms with Crippen molar-refractivity contribution in [1.29, 1.82) is 0 Å². The number of amides is 1. The number of rotatable bonds is 11. The van der Waals surface area contributed by atoms with Crippen LogP contribution in [-0.4, -0.2) is 29.9 Å². The average molecular weight is 323 g/mol. The lowest BCUT2D eigenvalue weighted by Crippen LogP contribution is -2.52. The van der Waals surface area contributed by atoms with E-state index < -0.39 is 0 Å². The fraction of sp³-hybridized carbons (Fsp3) is 0.950. The van der Waals surface area contributed by atoms with Gasteiger partial charge in [-0.15, -0.1) is 0 Å². The first-order valence-corrected chi connectivity index (χ1v) is 10.1. The summed E-state index contributed by atoms with van der Waals surface area (Å²) in [5.74, 6) is 0.884. The zero-order valence-corrected chi connectivity index (χ0v) is 15.5. The molecule has 3 nitrogen and oxygen atoms in total. The van der Waals surface area contributed by atoms with Gasteiger partial charge in [0.05, 0.1) is 5.41 Å². The molecule has 0 aromatic heterocycles. The van der Waals surface area contributed by atoms with E-state index in [1.54, 1.807) is 0 Å². The first kappa shape index (κ1) is 18.8. The van der Waals surface area contributed by atoms with E-state index in [9.17, 15) is 4.79 Å². The van der Waals surface area contributed by atoms with Gasteiger partial charge in [0.25, 0.3) is 0 Å². The standard InChI is InChI=1S/C20H38N2O/c1-3-5-7-11-20(19(21)23,12-8-6-4-2)16-18-15-17-9-13-22(18)14-10-17/h17-18H,3-16H2,1-2H3,(H2,21,23). The van der Waals surface area contributed by atoms with Crippen LogP contribution < -0.4 is 5.73 Å². The molecule has 0 aliphatic carbocycles. The molecule has 1 atom stereocenters. The SMILES string of the molecule is CCCCCC(CCCCC)(CC1CC2CCN1CC2)C(N)=O. The van der Waals surface area contributed by atoms with Gasteiger partial charge < -0.3 is 10.6 Å². The maximum atomic E-state index is 12.5. The third-order valence-corrected chi connectivity index (χ3v) is 6.44. The largest absolute Gasteiger partial charge is 0.369 e. The van der Waals surface area contributed by atoms with Gasteiger partial charge in [0.1, 0.15) is 0 Å². The van der Waals surface area contributed by atoms with E-state index in [2.05, 4.69) is 18.7 Å². The maximum Gasteiger partial charge on any atom is 0.223 e. The van der Waals surface area contributed by atoms with Gasteiger partial charge in [-0.1, -0.05) is 52.4 Å². The van der Waals surface area contributed by atoms with E-state index in [0.29, 0.717) is 6.04 Å². The summed E-state index contributed by atoms with van der Waals surface area (Å²) in [6.45, 7) is 6.95. The summed E-state index contributed by atoms with van der Waals surface area (Å²) in [7, 11) is 0. The number of fused-ring (bicyclic) bond motifs is 3. The van der Waals surface area contributed by atoms with Gasteiger partial charge in [-0.3, -0.25) is 4.79 Å². The van der Waals surface area contributed by atoms with Crippen molar-refractivity contribution in [3.8, 4) is 0 Å². The average Bonchev–Trinajstić information content (AvgIpc) is 2.56. The van der Waals surface area contributed by atoms with Gasteiger partial charge in [0.15, 0.2) is 0 Å². The van der Waals surface area contributed by atoms with Gasteiger partial charge in [-0.05, 0) is 57.5 Å². The van der Waals surface area contributed by atoms with Gasteiger partial charge in [-0.2, -0.15) is 0 Å². The molecule has 3 aliphatic rings. The highest BCUT2D eigenvalue weighted by Crippen LogP contribution is 2.42.